The van der Waals surface area contributed by atoms with Gasteiger partial charge in [0, 0.05) is 5.02 Å². The highest BCUT2D eigenvalue weighted by molar-refractivity contribution is 6.30. The summed E-state index contributed by atoms with van der Waals surface area (Å²) in [5, 5.41) is 0.799. The van der Waals surface area contributed by atoms with Gasteiger partial charge in [0.25, 0.3) is 0 Å². The van der Waals surface area contributed by atoms with Crippen molar-refractivity contribution in [3.8, 4) is 0 Å². The molecular weight excluding hydrogens is 156 g/mol. The monoisotopic (exact) mass is 166 g/mol. The normalized spacial score (nSPS) is 9.64. The first-order valence-electron chi connectivity index (χ1n) is 3.68. The number of aryl methyl sites for hydroxylation is 1. The molecule has 1 aromatic carbocycles. The van der Waals surface area contributed by atoms with Crippen LogP contribution in [0.25, 0.3) is 6.08 Å². The van der Waals surface area contributed by atoms with Crippen LogP contribution in [0.3, 0.4) is 0 Å². The Morgan fingerprint density at radius 2 is 2.27 bits per heavy atom. The van der Waals surface area contributed by atoms with E-state index in [1.54, 1.807) is 0 Å². The summed E-state index contributed by atoms with van der Waals surface area (Å²) in [5.74, 6) is 0. The van der Waals surface area contributed by atoms with Gasteiger partial charge in [0.15, 0.2) is 0 Å². The van der Waals surface area contributed by atoms with Crippen LogP contribution in [-0.4, -0.2) is 0 Å². The lowest BCUT2D eigenvalue weighted by atomic mass is 10.1. The van der Waals surface area contributed by atoms with E-state index >= 15 is 0 Å². The predicted octanol–water partition coefficient (Wildman–Crippen LogP) is 3.55. The van der Waals surface area contributed by atoms with Crippen molar-refractivity contribution in [2.75, 3.05) is 0 Å². The van der Waals surface area contributed by atoms with Crippen molar-refractivity contribution in [2.45, 2.75) is 13.3 Å². The highest BCUT2D eigenvalue weighted by Gasteiger charge is 1.96. The summed E-state index contributed by atoms with van der Waals surface area (Å²) in [4.78, 5) is 0. The van der Waals surface area contributed by atoms with Crippen molar-refractivity contribution in [1.82, 2.24) is 0 Å². The van der Waals surface area contributed by atoms with Crippen LogP contribution in [-0.2, 0) is 6.42 Å². The molecule has 11 heavy (non-hydrogen) atoms. The molecule has 1 heteroatoms. The lowest BCUT2D eigenvalue weighted by Crippen LogP contribution is -1.84. The first-order valence-corrected chi connectivity index (χ1v) is 4.06. The number of hydrogen-bond acceptors (Lipinski definition) is 0. The van der Waals surface area contributed by atoms with Gasteiger partial charge in [0.05, 0.1) is 0 Å². The Hall–Kier alpha value is -0.750. The number of rotatable bonds is 2. The van der Waals surface area contributed by atoms with E-state index < -0.39 is 0 Å². The molecule has 0 nitrogen and oxygen atoms in total. The zero-order valence-corrected chi connectivity index (χ0v) is 7.36. The third-order valence-corrected chi connectivity index (χ3v) is 1.94. The number of benzene rings is 1. The van der Waals surface area contributed by atoms with Crippen LogP contribution >= 0.6 is 11.6 Å². The SMILES string of the molecule is C=Cc1ccc(Cl)cc1CC. The van der Waals surface area contributed by atoms with Crippen LogP contribution in [0.2, 0.25) is 5.02 Å². The molecule has 0 aliphatic carbocycles. The fourth-order valence-corrected chi connectivity index (χ4v) is 1.27. The van der Waals surface area contributed by atoms with E-state index in [2.05, 4.69) is 13.5 Å². The molecular formula is C10H11Cl. The summed E-state index contributed by atoms with van der Waals surface area (Å²) in [6.45, 7) is 5.84. The minimum atomic E-state index is 0.799. The van der Waals surface area contributed by atoms with Gasteiger partial charge in [-0.25, -0.2) is 0 Å². The predicted molar refractivity (Wildman–Crippen MR) is 50.9 cm³/mol. The van der Waals surface area contributed by atoms with Crippen LogP contribution < -0.4 is 0 Å². The van der Waals surface area contributed by atoms with Gasteiger partial charge in [0.2, 0.25) is 0 Å². The van der Waals surface area contributed by atoms with Crippen molar-refractivity contribution in [2.24, 2.45) is 0 Å². The molecule has 0 saturated carbocycles. The standard InChI is InChI=1S/C10H11Cl/c1-3-8-5-6-10(11)7-9(8)4-2/h3,5-7H,1,4H2,2H3. The van der Waals surface area contributed by atoms with E-state index in [0.717, 1.165) is 11.4 Å². The molecule has 1 aromatic rings. The van der Waals surface area contributed by atoms with Gasteiger partial charge >= 0.3 is 0 Å². The molecule has 0 spiro atoms. The average Bonchev–Trinajstić information content (AvgIpc) is 2.04. The van der Waals surface area contributed by atoms with E-state index in [-0.39, 0.29) is 0 Å². The lowest BCUT2D eigenvalue weighted by Gasteiger charge is -2.02. The second-order valence-corrected chi connectivity index (χ2v) is 2.84. The van der Waals surface area contributed by atoms with Gasteiger partial charge in [0.1, 0.15) is 0 Å². The second-order valence-electron chi connectivity index (χ2n) is 2.40. The molecule has 0 saturated heterocycles. The van der Waals surface area contributed by atoms with E-state index in [0.29, 0.717) is 0 Å². The summed E-state index contributed by atoms with van der Waals surface area (Å²) in [6, 6.07) is 5.87. The van der Waals surface area contributed by atoms with E-state index in [1.807, 2.05) is 24.3 Å². The van der Waals surface area contributed by atoms with Gasteiger partial charge in [-0.05, 0) is 29.7 Å². The Morgan fingerprint density at radius 3 is 2.82 bits per heavy atom. The minimum Gasteiger partial charge on any atom is -0.0985 e. The topological polar surface area (TPSA) is 0 Å². The summed E-state index contributed by atoms with van der Waals surface area (Å²) in [5.41, 5.74) is 2.43. The molecule has 0 atom stereocenters. The first kappa shape index (κ1) is 8.35. The molecule has 0 unspecified atom stereocenters. The summed E-state index contributed by atoms with van der Waals surface area (Å²) >= 11 is 5.82. The van der Waals surface area contributed by atoms with Crippen molar-refractivity contribution in [1.29, 1.82) is 0 Å². The molecule has 0 radical (unpaired) electrons. The van der Waals surface area contributed by atoms with Gasteiger partial charge in [-0.1, -0.05) is 37.2 Å². The summed E-state index contributed by atoms with van der Waals surface area (Å²) in [6.07, 6.45) is 2.86. The van der Waals surface area contributed by atoms with E-state index in [9.17, 15) is 0 Å². The lowest BCUT2D eigenvalue weighted by molar-refractivity contribution is 1.13. The number of halogens is 1. The largest absolute Gasteiger partial charge is 0.0985 e. The second kappa shape index (κ2) is 3.59. The van der Waals surface area contributed by atoms with Crippen LogP contribution in [0.1, 0.15) is 18.1 Å². The van der Waals surface area contributed by atoms with Gasteiger partial charge in [-0.3, -0.25) is 0 Å². The maximum Gasteiger partial charge on any atom is 0.0409 e. The summed E-state index contributed by atoms with van der Waals surface area (Å²) in [7, 11) is 0. The van der Waals surface area contributed by atoms with Crippen molar-refractivity contribution in [3.05, 3.63) is 40.9 Å². The molecule has 58 valence electrons. The van der Waals surface area contributed by atoms with Crippen LogP contribution in [0.5, 0.6) is 0 Å². The minimum absolute atomic E-state index is 0.799. The van der Waals surface area contributed by atoms with Crippen LogP contribution in [0, 0.1) is 0 Å². The zero-order valence-electron chi connectivity index (χ0n) is 6.60. The molecule has 0 aliphatic heterocycles. The average molecular weight is 167 g/mol. The third-order valence-electron chi connectivity index (χ3n) is 1.71. The van der Waals surface area contributed by atoms with E-state index in [4.69, 9.17) is 11.6 Å². The molecule has 0 aliphatic rings. The van der Waals surface area contributed by atoms with Crippen molar-refractivity contribution < 1.29 is 0 Å². The van der Waals surface area contributed by atoms with Crippen molar-refractivity contribution in [3.63, 3.8) is 0 Å². The van der Waals surface area contributed by atoms with Gasteiger partial charge < -0.3 is 0 Å². The van der Waals surface area contributed by atoms with Crippen LogP contribution in [0.4, 0.5) is 0 Å². The molecule has 0 N–H and O–H groups in total. The van der Waals surface area contributed by atoms with Crippen LogP contribution in [0.15, 0.2) is 24.8 Å². The Bertz CT molecular complexity index is 264. The molecule has 0 amide bonds. The Morgan fingerprint density at radius 1 is 1.55 bits per heavy atom. The maximum absolute atomic E-state index is 5.82. The fraction of sp³-hybridized carbons (Fsp3) is 0.200. The molecule has 0 bridgehead atoms. The Balaban J connectivity index is 3.16. The quantitative estimate of drug-likeness (QED) is 0.631. The van der Waals surface area contributed by atoms with Crippen molar-refractivity contribution >= 4 is 17.7 Å². The third kappa shape index (κ3) is 1.84. The molecule has 0 heterocycles. The highest BCUT2D eigenvalue weighted by atomic mass is 35.5. The smallest absolute Gasteiger partial charge is 0.0409 e. The van der Waals surface area contributed by atoms with Gasteiger partial charge in [-0.2, -0.15) is 0 Å². The Kier molecular flexibility index (Phi) is 2.72. The number of hydrogen-bond donors (Lipinski definition) is 0. The Labute approximate surface area is 72.5 Å². The van der Waals surface area contributed by atoms with E-state index in [1.165, 1.54) is 11.1 Å². The molecule has 0 aromatic heterocycles. The summed E-state index contributed by atoms with van der Waals surface area (Å²) < 4.78 is 0. The molecule has 0 fully saturated rings. The van der Waals surface area contributed by atoms with Gasteiger partial charge in [-0.15, -0.1) is 0 Å². The maximum atomic E-state index is 5.82. The zero-order chi connectivity index (χ0) is 8.27. The first-order chi connectivity index (χ1) is 5.27. The fourth-order valence-electron chi connectivity index (χ4n) is 1.08. The highest BCUT2D eigenvalue weighted by Crippen LogP contribution is 2.17. The molecule has 1 rings (SSSR count).